The van der Waals surface area contributed by atoms with E-state index in [-0.39, 0.29) is 17.9 Å². The molecule has 1 amide bonds. The van der Waals surface area contributed by atoms with Gasteiger partial charge in [-0.1, -0.05) is 50.0 Å². The summed E-state index contributed by atoms with van der Waals surface area (Å²) in [4.78, 5) is 13.2. The Kier molecular flexibility index (Phi) is 9.00. The number of aliphatic hydroxyl groups excluding tert-OH is 2. The maximum atomic E-state index is 11.6. The predicted molar refractivity (Wildman–Crippen MR) is 109 cm³/mol. The SMILES string of the molecule is CCCCC[C@H](O)/C=C/[C@@H]1[C@H]2CC(CNCCC(=O)N(C)C)=C[C@H]2C[C@H]1O. The lowest BCUT2D eigenvalue weighted by Crippen LogP contribution is -2.27. The zero-order chi connectivity index (χ0) is 19.8. The second-order valence-electron chi connectivity index (χ2n) is 8.40. The number of rotatable bonds is 11. The van der Waals surface area contributed by atoms with Crippen LogP contribution in [0.3, 0.4) is 0 Å². The Hall–Kier alpha value is -1.17. The van der Waals surface area contributed by atoms with Crippen LogP contribution >= 0.6 is 0 Å². The average molecular weight is 379 g/mol. The standard InChI is InChI=1S/C22H38N2O3/c1-4-5-6-7-18(25)8-9-19-20-13-16(12-17(20)14-21(19)26)15-23-11-10-22(27)24(2)3/h8-9,12,17-21,23,25-26H,4-7,10-11,13-15H2,1-3H3/b9-8+/t17-,18-,19+,20-,21+/m0/s1. The Labute approximate surface area is 164 Å². The Morgan fingerprint density at radius 3 is 2.89 bits per heavy atom. The van der Waals surface area contributed by atoms with Gasteiger partial charge in [0.2, 0.25) is 5.91 Å². The molecule has 1 fully saturated rings. The molecule has 2 aliphatic rings. The van der Waals surface area contributed by atoms with Crippen LogP contribution in [0.1, 0.15) is 51.9 Å². The smallest absolute Gasteiger partial charge is 0.223 e. The van der Waals surface area contributed by atoms with Gasteiger partial charge in [0.05, 0.1) is 12.2 Å². The summed E-state index contributed by atoms with van der Waals surface area (Å²) >= 11 is 0. The molecule has 27 heavy (non-hydrogen) atoms. The first kappa shape index (κ1) is 22.1. The minimum absolute atomic E-state index is 0.139. The van der Waals surface area contributed by atoms with Crippen molar-refractivity contribution in [1.29, 1.82) is 0 Å². The van der Waals surface area contributed by atoms with Crippen LogP contribution in [0.25, 0.3) is 0 Å². The van der Waals surface area contributed by atoms with E-state index in [4.69, 9.17) is 0 Å². The summed E-state index contributed by atoms with van der Waals surface area (Å²) in [6.07, 6.45) is 12.1. The number of nitrogens with zero attached hydrogens (tertiary/aromatic N) is 1. The Bertz CT molecular complexity index is 530. The number of carbonyl (C=O) groups is 1. The molecule has 0 aromatic carbocycles. The van der Waals surface area contributed by atoms with Crippen molar-refractivity contribution in [3.05, 3.63) is 23.8 Å². The molecule has 1 saturated carbocycles. The molecule has 0 aliphatic heterocycles. The second-order valence-corrected chi connectivity index (χ2v) is 8.40. The van der Waals surface area contributed by atoms with Gasteiger partial charge in [-0.05, 0) is 31.1 Å². The summed E-state index contributed by atoms with van der Waals surface area (Å²) in [5, 5.41) is 23.9. The number of carbonyl (C=O) groups excluding carboxylic acids is 1. The molecule has 2 aliphatic carbocycles. The molecule has 0 saturated heterocycles. The second kappa shape index (κ2) is 11.0. The highest BCUT2D eigenvalue weighted by Crippen LogP contribution is 2.47. The van der Waals surface area contributed by atoms with Gasteiger partial charge in [0.25, 0.3) is 0 Å². The number of amides is 1. The highest BCUT2D eigenvalue weighted by Gasteiger charge is 2.43. The summed E-state index contributed by atoms with van der Waals surface area (Å²) in [6.45, 7) is 3.68. The van der Waals surface area contributed by atoms with Crippen molar-refractivity contribution in [1.82, 2.24) is 10.2 Å². The van der Waals surface area contributed by atoms with Crippen LogP contribution in [0.2, 0.25) is 0 Å². The molecule has 0 aromatic rings. The maximum absolute atomic E-state index is 11.6. The van der Waals surface area contributed by atoms with Crippen LogP contribution in [0.15, 0.2) is 23.8 Å². The molecule has 3 N–H and O–H groups in total. The molecule has 0 bridgehead atoms. The van der Waals surface area contributed by atoms with E-state index in [2.05, 4.69) is 24.4 Å². The topological polar surface area (TPSA) is 72.8 Å². The first-order chi connectivity index (χ1) is 12.9. The Balaban J connectivity index is 1.76. The van der Waals surface area contributed by atoms with Crippen LogP contribution in [0, 0.1) is 17.8 Å². The fourth-order valence-corrected chi connectivity index (χ4v) is 4.36. The van der Waals surface area contributed by atoms with Gasteiger partial charge in [-0.3, -0.25) is 4.79 Å². The summed E-state index contributed by atoms with van der Waals surface area (Å²) in [7, 11) is 3.56. The molecule has 0 heterocycles. The van der Waals surface area contributed by atoms with Crippen molar-refractivity contribution in [2.45, 2.75) is 64.1 Å². The van der Waals surface area contributed by atoms with Crippen LogP contribution in [0.5, 0.6) is 0 Å². The van der Waals surface area contributed by atoms with E-state index >= 15 is 0 Å². The molecular formula is C22H38N2O3. The van der Waals surface area contributed by atoms with Gasteiger partial charge in [0, 0.05) is 39.5 Å². The molecule has 5 heteroatoms. The number of unbranched alkanes of at least 4 members (excludes halogenated alkanes) is 2. The normalized spacial score (nSPS) is 28.4. The molecule has 2 rings (SSSR count). The summed E-state index contributed by atoms with van der Waals surface area (Å²) in [5.41, 5.74) is 1.39. The third kappa shape index (κ3) is 6.74. The summed E-state index contributed by atoms with van der Waals surface area (Å²) in [6, 6.07) is 0. The van der Waals surface area contributed by atoms with Gasteiger partial charge in [-0.2, -0.15) is 0 Å². The minimum atomic E-state index is -0.396. The first-order valence-electron chi connectivity index (χ1n) is 10.6. The van der Waals surface area contributed by atoms with Crippen molar-refractivity contribution < 1.29 is 15.0 Å². The number of aliphatic hydroxyl groups is 2. The highest BCUT2D eigenvalue weighted by molar-refractivity contribution is 5.75. The van der Waals surface area contributed by atoms with Crippen molar-refractivity contribution in [3.63, 3.8) is 0 Å². The van der Waals surface area contributed by atoms with Crippen LogP contribution in [-0.2, 0) is 4.79 Å². The molecular weight excluding hydrogens is 340 g/mol. The third-order valence-electron chi connectivity index (χ3n) is 5.98. The zero-order valence-corrected chi connectivity index (χ0v) is 17.2. The van der Waals surface area contributed by atoms with E-state index in [0.717, 1.165) is 45.1 Å². The largest absolute Gasteiger partial charge is 0.392 e. The van der Waals surface area contributed by atoms with Gasteiger partial charge >= 0.3 is 0 Å². The fourth-order valence-electron chi connectivity index (χ4n) is 4.36. The molecule has 5 atom stereocenters. The van der Waals surface area contributed by atoms with Crippen molar-refractivity contribution in [2.24, 2.45) is 17.8 Å². The molecule has 0 unspecified atom stereocenters. The summed E-state index contributed by atoms with van der Waals surface area (Å²) in [5.74, 6) is 1.16. The summed E-state index contributed by atoms with van der Waals surface area (Å²) < 4.78 is 0. The lowest BCUT2D eigenvalue weighted by molar-refractivity contribution is -0.128. The lowest BCUT2D eigenvalue weighted by Gasteiger charge is -2.19. The molecule has 0 radical (unpaired) electrons. The highest BCUT2D eigenvalue weighted by atomic mass is 16.3. The first-order valence-corrected chi connectivity index (χ1v) is 10.6. The lowest BCUT2D eigenvalue weighted by atomic mass is 9.89. The van der Waals surface area contributed by atoms with Crippen LogP contribution < -0.4 is 5.32 Å². The van der Waals surface area contributed by atoms with Crippen LogP contribution in [0.4, 0.5) is 0 Å². The number of allylic oxidation sites excluding steroid dienone is 1. The van der Waals surface area contributed by atoms with E-state index in [0.29, 0.717) is 24.8 Å². The molecule has 0 aromatic heterocycles. The fraction of sp³-hybridized carbons (Fsp3) is 0.773. The van der Waals surface area contributed by atoms with Gasteiger partial charge in [0.15, 0.2) is 0 Å². The van der Waals surface area contributed by atoms with Crippen molar-refractivity contribution in [3.8, 4) is 0 Å². The van der Waals surface area contributed by atoms with E-state index in [1.807, 2.05) is 6.08 Å². The van der Waals surface area contributed by atoms with E-state index in [1.54, 1.807) is 19.0 Å². The van der Waals surface area contributed by atoms with Crippen molar-refractivity contribution in [2.75, 3.05) is 27.2 Å². The molecule has 154 valence electrons. The van der Waals surface area contributed by atoms with E-state index in [1.165, 1.54) is 5.57 Å². The average Bonchev–Trinajstić information content (AvgIpc) is 3.13. The van der Waals surface area contributed by atoms with Gasteiger partial charge in [-0.25, -0.2) is 0 Å². The number of hydrogen-bond acceptors (Lipinski definition) is 4. The van der Waals surface area contributed by atoms with Crippen molar-refractivity contribution >= 4 is 5.91 Å². The maximum Gasteiger partial charge on any atom is 0.223 e. The van der Waals surface area contributed by atoms with Gasteiger partial charge in [0.1, 0.15) is 0 Å². The van der Waals surface area contributed by atoms with Gasteiger partial charge in [-0.15, -0.1) is 0 Å². The van der Waals surface area contributed by atoms with Gasteiger partial charge < -0.3 is 20.4 Å². The molecule has 0 spiro atoms. The number of nitrogens with one attached hydrogen (secondary N) is 1. The third-order valence-corrected chi connectivity index (χ3v) is 5.98. The van der Waals surface area contributed by atoms with Crippen LogP contribution in [-0.4, -0.2) is 60.4 Å². The quantitative estimate of drug-likeness (QED) is 0.381. The van der Waals surface area contributed by atoms with E-state index in [9.17, 15) is 15.0 Å². The number of fused-ring (bicyclic) bond motifs is 1. The Morgan fingerprint density at radius 2 is 2.19 bits per heavy atom. The minimum Gasteiger partial charge on any atom is -0.392 e. The zero-order valence-electron chi connectivity index (χ0n) is 17.2. The Morgan fingerprint density at radius 1 is 1.41 bits per heavy atom. The predicted octanol–water partition coefficient (Wildman–Crippen LogP) is 2.50. The molecule has 5 nitrogen and oxygen atoms in total. The monoisotopic (exact) mass is 378 g/mol. The van der Waals surface area contributed by atoms with E-state index < -0.39 is 6.10 Å². The number of hydrogen-bond donors (Lipinski definition) is 3.